The van der Waals surface area contributed by atoms with Gasteiger partial charge in [0, 0.05) is 6.08 Å². The van der Waals surface area contributed by atoms with Gasteiger partial charge in [0.05, 0.1) is 5.69 Å². The molecule has 126 valence electrons. The first-order valence-corrected chi connectivity index (χ1v) is 6.84. The van der Waals surface area contributed by atoms with Gasteiger partial charge < -0.3 is 10.1 Å². The van der Waals surface area contributed by atoms with E-state index in [4.69, 9.17) is 0 Å². The molecule has 0 aromatic heterocycles. The molecule has 0 saturated heterocycles. The van der Waals surface area contributed by atoms with Crippen molar-refractivity contribution in [2.45, 2.75) is 13.3 Å². The topological polar surface area (TPSA) is 38.3 Å². The van der Waals surface area contributed by atoms with E-state index in [1.807, 2.05) is 0 Å². The number of carbonyl (C=O) groups excluding carboxylic acids is 1. The van der Waals surface area contributed by atoms with Crippen LogP contribution in [0.5, 0.6) is 5.75 Å². The van der Waals surface area contributed by atoms with Gasteiger partial charge in [-0.25, -0.2) is 4.39 Å². The Morgan fingerprint density at radius 1 is 1.12 bits per heavy atom. The zero-order valence-electron chi connectivity index (χ0n) is 12.5. The van der Waals surface area contributed by atoms with Crippen molar-refractivity contribution in [2.24, 2.45) is 0 Å². The molecule has 0 fully saturated rings. The lowest BCUT2D eigenvalue weighted by molar-refractivity contribution is -0.274. The van der Waals surface area contributed by atoms with Crippen LogP contribution in [-0.4, -0.2) is 12.3 Å². The SMILES string of the molecule is Cc1ccc(NC(=O)/C=C/c2ccc(OC(F)(F)F)cc2)c(F)c1. The first-order chi connectivity index (χ1) is 11.2. The molecule has 0 aliphatic carbocycles. The van der Waals surface area contributed by atoms with Crippen LogP contribution in [0.25, 0.3) is 6.08 Å². The molecule has 1 amide bonds. The number of anilines is 1. The third-order valence-electron chi connectivity index (χ3n) is 2.92. The van der Waals surface area contributed by atoms with Gasteiger partial charge in [-0.15, -0.1) is 13.2 Å². The molecule has 0 radical (unpaired) electrons. The minimum Gasteiger partial charge on any atom is -0.406 e. The zero-order valence-corrected chi connectivity index (χ0v) is 12.5. The van der Waals surface area contributed by atoms with Gasteiger partial charge in [-0.05, 0) is 48.4 Å². The second-order valence-electron chi connectivity index (χ2n) is 4.92. The van der Waals surface area contributed by atoms with E-state index in [2.05, 4.69) is 10.1 Å². The van der Waals surface area contributed by atoms with Gasteiger partial charge in [0.15, 0.2) is 0 Å². The Bertz CT molecular complexity index is 752. The number of carbonyl (C=O) groups is 1. The molecule has 0 aliphatic rings. The summed E-state index contributed by atoms with van der Waals surface area (Å²) >= 11 is 0. The van der Waals surface area contributed by atoms with Crippen molar-refractivity contribution < 1.29 is 27.1 Å². The van der Waals surface area contributed by atoms with Crippen LogP contribution in [0.15, 0.2) is 48.5 Å². The molecular formula is C17H13F4NO2. The Morgan fingerprint density at radius 3 is 2.38 bits per heavy atom. The van der Waals surface area contributed by atoms with Crippen molar-refractivity contribution in [1.29, 1.82) is 0 Å². The minimum absolute atomic E-state index is 0.0455. The van der Waals surface area contributed by atoms with Crippen LogP contribution in [0, 0.1) is 12.7 Å². The number of benzene rings is 2. The summed E-state index contributed by atoms with van der Waals surface area (Å²) in [7, 11) is 0. The predicted molar refractivity (Wildman–Crippen MR) is 81.9 cm³/mol. The highest BCUT2D eigenvalue weighted by Crippen LogP contribution is 2.23. The second-order valence-corrected chi connectivity index (χ2v) is 4.92. The monoisotopic (exact) mass is 339 g/mol. The van der Waals surface area contributed by atoms with E-state index in [1.54, 1.807) is 13.0 Å². The van der Waals surface area contributed by atoms with E-state index in [9.17, 15) is 22.4 Å². The number of rotatable bonds is 4. The summed E-state index contributed by atoms with van der Waals surface area (Å²) in [6.07, 6.45) is -2.22. The summed E-state index contributed by atoms with van der Waals surface area (Å²) < 4.78 is 53.5. The molecule has 0 heterocycles. The normalized spacial score (nSPS) is 11.5. The smallest absolute Gasteiger partial charge is 0.406 e. The van der Waals surface area contributed by atoms with Gasteiger partial charge in [-0.1, -0.05) is 18.2 Å². The summed E-state index contributed by atoms with van der Waals surface area (Å²) in [5.74, 6) is -1.47. The number of amides is 1. The Morgan fingerprint density at radius 2 is 1.79 bits per heavy atom. The first-order valence-electron chi connectivity index (χ1n) is 6.84. The highest BCUT2D eigenvalue weighted by atomic mass is 19.4. The van der Waals surface area contributed by atoms with Crippen LogP contribution in [0.2, 0.25) is 0 Å². The highest BCUT2D eigenvalue weighted by molar-refractivity contribution is 6.02. The van der Waals surface area contributed by atoms with E-state index < -0.39 is 18.1 Å². The molecule has 0 unspecified atom stereocenters. The van der Waals surface area contributed by atoms with Crippen LogP contribution < -0.4 is 10.1 Å². The van der Waals surface area contributed by atoms with Gasteiger partial charge in [-0.2, -0.15) is 0 Å². The summed E-state index contributed by atoms with van der Waals surface area (Å²) in [5, 5.41) is 2.38. The van der Waals surface area contributed by atoms with E-state index in [1.165, 1.54) is 30.3 Å². The molecule has 3 nitrogen and oxygen atoms in total. The van der Waals surface area contributed by atoms with Gasteiger partial charge in [0.1, 0.15) is 11.6 Å². The summed E-state index contributed by atoms with van der Waals surface area (Å²) in [6, 6.07) is 9.37. The largest absolute Gasteiger partial charge is 0.573 e. The predicted octanol–water partition coefficient (Wildman–Crippen LogP) is 4.68. The van der Waals surface area contributed by atoms with Crippen molar-refractivity contribution in [3.8, 4) is 5.75 Å². The molecule has 0 bridgehead atoms. The molecule has 2 aromatic rings. The van der Waals surface area contributed by atoms with Gasteiger partial charge in [0.25, 0.3) is 0 Å². The Labute approximate surface area is 135 Å². The fraction of sp³-hybridized carbons (Fsp3) is 0.118. The quantitative estimate of drug-likeness (QED) is 0.648. The summed E-state index contributed by atoms with van der Waals surface area (Å²) in [4.78, 5) is 11.7. The van der Waals surface area contributed by atoms with E-state index in [0.29, 0.717) is 5.56 Å². The van der Waals surface area contributed by atoms with Crippen molar-refractivity contribution in [3.63, 3.8) is 0 Å². The van der Waals surface area contributed by atoms with E-state index >= 15 is 0 Å². The lowest BCUT2D eigenvalue weighted by atomic mass is 10.2. The zero-order chi connectivity index (χ0) is 17.7. The maximum absolute atomic E-state index is 13.6. The van der Waals surface area contributed by atoms with E-state index in [0.717, 1.165) is 23.8 Å². The molecule has 0 atom stereocenters. The van der Waals surface area contributed by atoms with Crippen LogP contribution in [0.1, 0.15) is 11.1 Å². The molecule has 2 aromatic carbocycles. The number of hydrogen-bond acceptors (Lipinski definition) is 2. The molecule has 1 N–H and O–H groups in total. The molecule has 2 rings (SSSR count). The molecule has 0 aliphatic heterocycles. The van der Waals surface area contributed by atoms with Gasteiger partial charge in [0.2, 0.25) is 5.91 Å². The fourth-order valence-electron chi connectivity index (χ4n) is 1.85. The number of nitrogens with one attached hydrogen (secondary N) is 1. The minimum atomic E-state index is -4.75. The number of alkyl halides is 3. The Hall–Kier alpha value is -2.83. The van der Waals surface area contributed by atoms with Gasteiger partial charge in [-0.3, -0.25) is 4.79 Å². The average molecular weight is 339 g/mol. The lowest BCUT2D eigenvalue weighted by Crippen LogP contribution is -2.16. The Kier molecular flexibility index (Phi) is 5.23. The van der Waals surface area contributed by atoms with Crippen LogP contribution in [0.4, 0.5) is 23.2 Å². The standard InChI is InChI=1S/C17H13F4NO2/c1-11-2-8-15(14(18)10-11)22-16(23)9-5-12-3-6-13(7-4-12)24-17(19,20)21/h2-10H,1H3,(H,22,23)/b9-5+. The van der Waals surface area contributed by atoms with Crippen molar-refractivity contribution in [3.05, 3.63) is 65.5 Å². The van der Waals surface area contributed by atoms with E-state index in [-0.39, 0.29) is 11.4 Å². The van der Waals surface area contributed by atoms with Gasteiger partial charge >= 0.3 is 6.36 Å². The third kappa shape index (κ3) is 5.42. The summed E-state index contributed by atoms with van der Waals surface area (Å²) in [5.41, 5.74) is 1.26. The first kappa shape index (κ1) is 17.5. The second kappa shape index (κ2) is 7.16. The van der Waals surface area contributed by atoms with Crippen LogP contribution in [-0.2, 0) is 4.79 Å². The average Bonchev–Trinajstić information content (AvgIpc) is 2.48. The number of halogens is 4. The fourth-order valence-corrected chi connectivity index (χ4v) is 1.85. The van der Waals surface area contributed by atoms with Crippen molar-refractivity contribution in [1.82, 2.24) is 0 Å². The van der Waals surface area contributed by atoms with Crippen LogP contribution >= 0.6 is 0 Å². The van der Waals surface area contributed by atoms with Crippen molar-refractivity contribution in [2.75, 3.05) is 5.32 Å². The molecule has 7 heteroatoms. The summed E-state index contributed by atoms with van der Waals surface area (Å²) in [6.45, 7) is 1.72. The third-order valence-corrected chi connectivity index (χ3v) is 2.92. The number of ether oxygens (including phenoxy) is 1. The maximum Gasteiger partial charge on any atom is 0.573 e. The maximum atomic E-state index is 13.6. The lowest BCUT2D eigenvalue weighted by Gasteiger charge is -2.08. The Balaban J connectivity index is 1.98. The molecule has 24 heavy (non-hydrogen) atoms. The molecule has 0 saturated carbocycles. The van der Waals surface area contributed by atoms with Crippen LogP contribution in [0.3, 0.4) is 0 Å². The molecular weight excluding hydrogens is 326 g/mol. The number of hydrogen-bond donors (Lipinski definition) is 1. The highest BCUT2D eigenvalue weighted by Gasteiger charge is 2.30. The number of aryl methyl sites for hydroxylation is 1. The molecule has 0 spiro atoms. The van der Waals surface area contributed by atoms with Crippen molar-refractivity contribution >= 4 is 17.7 Å².